The van der Waals surface area contributed by atoms with Crippen LogP contribution in [0, 0.1) is 6.92 Å². The van der Waals surface area contributed by atoms with Crippen LogP contribution in [-0.4, -0.2) is 41.1 Å². The molecule has 2 aromatic carbocycles. The van der Waals surface area contributed by atoms with Crippen LogP contribution in [0.3, 0.4) is 0 Å². The van der Waals surface area contributed by atoms with E-state index in [0.717, 1.165) is 12.1 Å². The maximum Gasteiger partial charge on any atom is 0.387 e. The van der Waals surface area contributed by atoms with Crippen LogP contribution in [0.15, 0.2) is 53.1 Å². The molecule has 12 heteroatoms. The highest BCUT2D eigenvalue weighted by atomic mass is 19.3. The monoisotopic (exact) mass is 461 g/mol. The number of amides is 2. The Bertz CT molecular complexity index is 1120. The van der Waals surface area contributed by atoms with E-state index in [1.54, 1.807) is 6.92 Å². The van der Waals surface area contributed by atoms with Gasteiger partial charge in [0.1, 0.15) is 11.5 Å². The van der Waals surface area contributed by atoms with Gasteiger partial charge in [-0.05, 0) is 48.5 Å². The molecule has 10 nitrogen and oxygen atoms in total. The molecule has 0 radical (unpaired) electrons. The largest absolute Gasteiger partial charge is 0.485 e. The standard InChI is InChI=1S/C21H17F2N3O7/c1-12-24-17(26-33-12)10-30-15-6-4-14(5-7-15)20(29)31-11-18(27)25-19(28)13-2-8-16(9-3-13)32-21(22)23/h2-9,21H,10-11H2,1H3,(H,25,27,28). The smallest absolute Gasteiger partial charge is 0.387 e. The summed E-state index contributed by atoms with van der Waals surface area (Å²) in [5.41, 5.74) is 0.189. The fourth-order valence-electron chi connectivity index (χ4n) is 2.47. The van der Waals surface area contributed by atoms with Crippen LogP contribution in [0.4, 0.5) is 8.78 Å². The van der Waals surface area contributed by atoms with Crippen molar-refractivity contribution >= 4 is 17.8 Å². The van der Waals surface area contributed by atoms with Crippen molar-refractivity contribution in [2.45, 2.75) is 20.1 Å². The van der Waals surface area contributed by atoms with Crippen LogP contribution >= 0.6 is 0 Å². The molecule has 33 heavy (non-hydrogen) atoms. The predicted molar refractivity (Wildman–Crippen MR) is 106 cm³/mol. The van der Waals surface area contributed by atoms with Crippen molar-refractivity contribution in [2.24, 2.45) is 0 Å². The van der Waals surface area contributed by atoms with E-state index in [4.69, 9.17) is 14.0 Å². The van der Waals surface area contributed by atoms with E-state index in [1.807, 2.05) is 5.32 Å². The van der Waals surface area contributed by atoms with Gasteiger partial charge in [-0.25, -0.2) is 4.79 Å². The minimum absolute atomic E-state index is 0.0304. The van der Waals surface area contributed by atoms with Gasteiger partial charge < -0.3 is 18.7 Å². The minimum Gasteiger partial charge on any atom is -0.485 e. The number of alkyl halides is 2. The Morgan fingerprint density at radius 3 is 2.24 bits per heavy atom. The Morgan fingerprint density at radius 1 is 1.00 bits per heavy atom. The predicted octanol–water partition coefficient (Wildman–Crippen LogP) is 2.67. The average molecular weight is 461 g/mol. The number of esters is 1. The van der Waals surface area contributed by atoms with Crippen molar-refractivity contribution in [1.29, 1.82) is 0 Å². The molecule has 3 aromatic rings. The van der Waals surface area contributed by atoms with Gasteiger partial charge >= 0.3 is 12.6 Å². The van der Waals surface area contributed by atoms with E-state index in [9.17, 15) is 23.2 Å². The van der Waals surface area contributed by atoms with E-state index >= 15 is 0 Å². The summed E-state index contributed by atoms with van der Waals surface area (Å²) in [7, 11) is 0. The number of aromatic nitrogens is 2. The molecule has 0 spiro atoms. The summed E-state index contributed by atoms with van der Waals surface area (Å²) < 4.78 is 43.6. The second kappa shape index (κ2) is 10.8. The van der Waals surface area contributed by atoms with Crippen molar-refractivity contribution in [2.75, 3.05) is 6.61 Å². The summed E-state index contributed by atoms with van der Waals surface area (Å²) in [4.78, 5) is 40.0. The van der Waals surface area contributed by atoms with Crippen molar-refractivity contribution in [1.82, 2.24) is 15.5 Å². The van der Waals surface area contributed by atoms with Gasteiger partial charge in [-0.1, -0.05) is 5.16 Å². The second-order valence-corrected chi connectivity index (χ2v) is 6.40. The number of aryl methyl sites for hydroxylation is 1. The lowest BCUT2D eigenvalue weighted by molar-refractivity contribution is -0.123. The zero-order valence-corrected chi connectivity index (χ0v) is 17.1. The van der Waals surface area contributed by atoms with E-state index < -0.39 is 31.0 Å². The molecule has 3 rings (SSSR count). The first-order valence-corrected chi connectivity index (χ1v) is 9.38. The summed E-state index contributed by atoms with van der Waals surface area (Å²) in [6.07, 6.45) is 0. The number of ether oxygens (including phenoxy) is 3. The molecule has 172 valence electrons. The number of hydrogen-bond donors (Lipinski definition) is 1. The number of imide groups is 1. The zero-order chi connectivity index (χ0) is 23.8. The molecule has 0 unspecified atom stereocenters. The van der Waals surface area contributed by atoms with Crippen LogP contribution in [0.1, 0.15) is 32.4 Å². The number of carbonyl (C=O) groups is 3. The number of nitrogens with one attached hydrogen (secondary N) is 1. The molecule has 2 amide bonds. The first-order chi connectivity index (χ1) is 15.8. The van der Waals surface area contributed by atoms with Gasteiger partial charge in [0.05, 0.1) is 5.56 Å². The molecule has 1 heterocycles. The van der Waals surface area contributed by atoms with Gasteiger partial charge in [0, 0.05) is 12.5 Å². The molecule has 0 saturated carbocycles. The first-order valence-electron chi connectivity index (χ1n) is 9.38. The Labute approximate surface area is 185 Å². The Morgan fingerprint density at radius 2 is 1.64 bits per heavy atom. The lowest BCUT2D eigenvalue weighted by atomic mass is 10.2. The highest BCUT2D eigenvalue weighted by molar-refractivity contribution is 6.05. The molecule has 0 fully saturated rings. The number of carbonyl (C=O) groups excluding carboxylic acids is 3. The van der Waals surface area contributed by atoms with Crippen LogP contribution in [-0.2, 0) is 16.1 Å². The third-order valence-corrected chi connectivity index (χ3v) is 3.96. The van der Waals surface area contributed by atoms with Gasteiger partial charge in [0.15, 0.2) is 13.2 Å². The van der Waals surface area contributed by atoms with E-state index in [-0.39, 0.29) is 23.5 Å². The number of hydrogen-bond acceptors (Lipinski definition) is 9. The van der Waals surface area contributed by atoms with Crippen LogP contribution in [0.25, 0.3) is 0 Å². The van der Waals surface area contributed by atoms with Crippen LogP contribution in [0.2, 0.25) is 0 Å². The van der Waals surface area contributed by atoms with Crippen molar-refractivity contribution < 1.29 is 41.9 Å². The average Bonchev–Trinajstić information content (AvgIpc) is 3.21. The Balaban J connectivity index is 1.43. The minimum atomic E-state index is -2.99. The maximum atomic E-state index is 12.1. The second-order valence-electron chi connectivity index (χ2n) is 6.40. The molecule has 0 bridgehead atoms. The zero-order valence-electron chi connectivity index (χ0n) is 17.1. The summed E-state index contributed by atoms with van der Waals surface area (Å²) in [5.74, 6) is -1.35. The number of rotatable bonds is 9. The lowest BCUT2D eigenvalue weighted by Crippen LogP contribution is -2.34. The molecular weight excluding hydrogens is 444 g/mol. The van der Waals surface area contributed by atoms with Crippen molar-refractivity contribution in [3.8, 4) is 11.5 Å². The van der Waals surface area contributed by atoms with Gasteiger partial charge in [0.25, 0.3) is 11.8 Å². The third kappa shape index (κ3) is 7.09. The molecule has 0 aliphatic heterocycles. The fourth-order valence-corrected chi connectivity index (χ4v) is 2.47. The van der Waals surface area contributed by atoms with E-state index in [1.165, 1.54) is 36.4 Å². The van der Waals surface area contributed by atoms with Crippen molar-refractivity contribution in [3.63, 3.8) is 0 Å². The molecule has 1 N–H and O–H groups in total. The number of benzene rings is 2. The molecule has 0 saturated heterocycles. The van der Waals surface area contributed by atoms with E-state index in [2.05, 4.69) is 14.9 Å². The van der Waals surface area contributed by atoms with Gasteiger partial charge in [-0.2, -0.15) is 13.8 Å². The quantitative estimate of drug-likeness (QED) is 0.478. The lowest BCUT2D eigenvalue weighted by Gasteiger charge is -2.08. The molecule has 0 aliphatic carbocycles. The first kappa shape index (κ1) is 23.3. The van der Waals surface area contributed by atoms with Gasteiger partial charge in [-0.15, -0.1) is 0 Å². The normalized spacial score (nSPS) is 10.5. The Kier molecular flexibility index (Phi) is 7.63. The summed E-state index contributed by atoms with van der Waals surface area (Å²) >= 11 is 0. The maximum absolute atomic E-state index is 12.1. The SMILES string of the molecule is Cc1nc(COc2ccc(C(=O)OCC(=O)NC(=O)c3ccc(OC(F)F)cc3)cc2)no1. The van der Waals surface area contributed by atoms with Crippen LogP contribution < -0.4 is 14.8 Å². The number of nitrogens with zero attached hydrogens (tertiary/aromatic N) is 2. The van der Waals surface area contributed by atoms with Crippen molar-refractivity contribution in [3.05, 3.63) is 71.4 Å². The molecular formula is C21H17F2N3O7. The van der Waals surface area contributed by atoms with E-state index in [0.29, 0.717) is 17.5 Å². The topological polar surface area (TPSA) is 130 Å². The molecule has 0 aliphatic rings. The summed E-state index contributed by atoms with van der Waals surface area (Å²) in [6.45, 7) is -1.96. The molecule has 1 aromatic heterocycles. The highest BCUT2D eigenvalue weighted by Crippen LogP contribution is 2.16. The summed E-state index contributed by atoms with van der Waals surface area (Å²) in [5, 5.41) is 5.71. The highest BCUT2D eigenvalue weighted by Gasteiger charge is 2.15. The van der Waals surface area contributed by atoms with Gasteiger partial charge in [-0.3, -0.25) is 14.9 Å². The summed E-state index contributed by atoms with van der Waals surface area (Å²) in [6, 6.07) is 10.6. The fraction of sp³-hybridized carbons (Fsp3) is 0.190. The Hall–Kier alpha value is -4.35. The van der Waals surface area contributed by atoms with Gasteiger partial charge in [0.2, 0.25) is 11.7 Å². The third-order valence-electron chi connectivity index (χ3n) is 3.96. The molecule has 0 atom stereocenters. The van der Waals surface area contributed by atoms with Crippen LogP contribution in [0.5, 0.6) is 11.5 Å². The number of halogens is 2.